The van der Waals surface area contributed by atoms with Crippen molar-refractivity contribution in [2.24, 2.45) is 11.8 Å². The second-order valence-electron chi connectivity index (χ2n) is 9.75. The van der Waals surface area contributed by atoms with E-state index in [1.54, 1.807) is 31.7 Å². The molecule has 1 aromatic carbocycles. The lowest BCUT2D eigenvalue weighted by atomic mass is 9.92. The van der Waals surface area contributed by atoms with Crippen LogP contribution in [0.2, 0.25) is 0 Å². The maximum absolute atomic E-state index is 12.5. The van der Waals surface area contributed by atoms with Gasteiger partial charge in [-0.05, 0) is 57.6 Å². The molecule has 0 saturated carbocycles. The Kier molecular flexibility index (Phi) is 9.10. The van der Waals surface area contributed by atoms with Crippen LogP contribution >= 0.6 is 0 Å². The fraction of sp³-hybridized carbons (Fsp3) is 0.640. The number of amides is 1. The van der Waals surface area contributed by atoms with Crippen LogP contribution in [-0.4, -0.2) is 46.6 Å². The number of fused-ring (bicyclic) bond motifs is 1. The largest absolute Gasteiger partial charge is 0.508 e. The van der Waals surface area contributed by atoms with Crippen molar-refractivity contribution in [3.05, 3.63) is 29.3 Å². The third-order valence-electron chi connectivity index (χ3n) is 5.55. The fourth-order valence-electron chi connectivity index (χ4n) is 3.71. The third-order valence-corrected chi connectivity index (χ3v) is 5.55. The summed E-state index contributed by atoms with van der Waals surface area (Å²) in [5.74, 6) is -1.12. The Morgan fingerprint density at radius 1 is 1.16 bits per heavy atom. The average Bonchev–Trinajstić information content (AvgIpc) is 2.70. The van der Waals surface area contributed by atoms with Crippen LogP contribution < -0.4 is 0 Å². The molecular weight excluding hydrogens is 410 g/mol. The highest BCUT2D eigenvalue weighted by Crippen LogP contribution is 2.27. The minimum atomic E-state index is -0.601. The van der Waals surface area contributed by atoms with Gasteiger partial charge in [0.15, 0.2) is 0 Å². The van der Waals surface area contributed by atoms with Crippen molar-refractivity contribution >= 4 is 17.8 Å². The number of rotatable bonds is 9. The first-order valence-electron chi connectivity index (χ1n) is 11.4. The van der Waals surface area contributed by atoms with E-state index >= 15 is 0 Å². The molecule has 1 heterocycles. The van der Waals surface area contributed by atoms with Crippen molar-refractivity contribution in [2.75, 3.05) is 13.2 Å². The first-order valence-corrected chi connectivity index (χ1v) is 11.4. The smallest absolute Gasteiger partial charge is 0.310 e. The number of esters is 2. The van der Waals surface area contributed by atoms with Crippen LogP contribution in [0.25, 0.3) is 0 Å². The maximum Gasteiger partial charge on any atom is 0.310 e. The first kappa shape index (κ1) is 25.7. The van der Waals surface area contributed by atoms with E-state index in [-0.39, 0.29) is 36.6 Å². The zero-order valence-electron chi connectivity index (χ0n) is 20.0. The molecule has 2 rings (SSSR count). The monoisotopic (exact) mass is 447 g/mol. The topological polar surface area (TPSA) is 93.1 Å². The summed E-state index contributed by atoms with van der Waals surface area (Å²) in [6.45, 7) is 10.4. The van der Waals surface area contributed by atoms with Crippen molar-refractivity contribution in [1.82, 2.24) is 4.90 Å². The van der Waals surface area contributed by atoms with Gasteiger partial charge in [-0.3, -0.25) is 14.4 Å². The van der Waals surface area contributed by atoms with Gasteiger partial charge >= 0.3 is 11.9 Å². The van der Waals surface area contributed by atoms with Crippen LogP contribution in [0.15, 0.2) is 18.2 Å². The van der Waals surface area contributed by atoms with Gasteiger partial charge in [-0.2, -0.15) is 0 Å². The van der Waals surface area contributed by atoms with E-state index in [4.69, 9.17) is 9.47 Å². The number of benzene rings is 1. The highest BCUT2D eigenvalue weighted by atomic mass is 16.6. The van der Waals surface area contributed by atoms with Gasteiger partial charge in [0, 0.05) is 25.1 Å². The molecule has 0 unspecified atom stereocenters. The minimum absolute atomic E-state index is 0.0117. The summed E-state index contributed by atoms with van der Waals surface area (Å²) in [5.41, 5.74) is 1.31. The van der Waals surface area contributed by atoms with Crippen LogP contribution in [0.4, 0.5) is 0 Å². The molecule has 1 atom stereocenters. The van der Waals surface area contributed by atoms with Crippen molar-refractivity contribution in [3.63, 3.8) is 0 Å². The zero-order valence-corrected chi connectivity index (χ0v) is 20.0. The predicted molar refractivity (Wildman–Crippen MR) is 121 cm³/mol. The Morgan fingerprint density at radius 2 is 1.88 bits per heavy atom. The number of carbonyl (C=O) groups excluding carboxylic acids is 3. The van der Waals surface area contributed by atoms with Crippen LogP contribution in [0.3, 0.4) is 0 Å². The van der Waals surface area contributed by atoms with Gasteiger partial charge < -0.3 is 19.5 Å². The molecule has 178 valence electrons. The number of ether oxygens (including phenoxy) is 2. The van der Waals surface area contributed by atoms with Crippen LogP contribution in [-0.2, 0) is 36.8 Å². The number of hydrogen-bond donors (Lipinski definition) is 1. The molecule has 0 saturated heterocycles. The van der Waals surface area contributed by atoms with Gasteiger partial charge in [0.1, 0.15) is 11.4 Å². The molecule has 0 spiro atoms. The lowest BCUT2D eigenvalue weighted by Crippen LogP contribution is -2.35. The highest BCUT2D eigenvalue weighted by molar-refractivity contribution is 5.80. The summed E-state index contributed by atoms with van der Waals surface area (Å²) < 4.78 is 10.7. The van der Waals surface area contributed by atoms with E-state index in [2.05, 4.69) is 0 Å². The molecule has 1 aliphatic rings. The number of hydrogen-bond acceptors (Lipinski definition) is 6. The highest BCUT2D eigenvalue weighted by Gasteiger charge is 2.30. The van der Waals surface area contributed by atoms with Crippen molar-refractivity contribution in [3.8, 4) is 5.75 Å². The fourth-order valence-corrected chi connectivity index (χ4v) is 3.71. The summed E-state index contributed by atoms with van der Waals surface area (Å²) in [5, 5.41) is 10.0. The summed E-state index contributed by atoms with van der Waals surface area (Å²) in [7, 11) is 0. The molecule has 0 aliphatic carbocycles. The molecular formula is C25H37NO6. The molecule has 32 heavy (non-hydrogen) atoms. The summed E-state index contributed by atoms with van der Waals surface area (Å²) in [6.07, 6.45) is 2.28. The summed E-state index contributed by atoms with van der Waals surface area (Å²) in [4.78, 5) is 38.8. The second-order valence-corrected chi connectivity index (χ2v) is 9.75. The van der Waals surface area contributed by atoms with E-state index in [0.29, 0.717) is 32.4 Å². The maximum atomic E-state index is 12.5. The Balaban J connectivity index is 1.69. The number of aromatic hydroxyl groups is 1. The van der Waals surface area contributed by atoms with E-state index in [1.165, 1.54) is 0 Å². The average molecular weight is 448 g/mol. The molecule has 7 nitrogen and oxygen atoms in total. The molecule has 0 radical (unpaired) electrons. The Morgan fingerprint density at radius 3 is 2.53 bits per heavy atom. The van der Waals surface area contributed by atoms with E-state index < -0.39 is 17.5 Å². The lowest BCUT2D eigenvalue weighted by Gasteiger charge is -2.29. The van der Waals surface area contributed by atoms with Gasteiger partial charge in [0.25, 0.3) is 0 Å². The van der Waals surface area contributed by atoms with Crippen LogP contribution in [0.5, 0.6) is 5.75 Å². The molecule has 1 amide bonds. The van der Waals surface area contributed by atoms with Gasteiger partial charge in [0.2, 0.25) is 5.91 Å². The SMILES string of the molecule is CC(C)[C@H](CC(=O)OCCCCC(=O)N1CCc2cccc(O)c2C1)C(=O)OC(C)(C)C. The van der Waals surface area contributed by atoms with Crippen molar-refractivity contribution < 1.29 is 29.0 Å². The van der Waals surface area contributed by atoms with Crippen molar-refractivity contribution in [1.29, 1.82) is 0 Å². The minimum Gasteiger partial charge on any atom is -0.508 e. The molecule has 0 fully saturated rings. The standard InChI is InChI=1S/C25H37NO6/c1-17(2)19(24(30)32-25(3,4)5)15-23(29)31-14-7-6-11-22(28)26-13-12-18-9-8-10-21(27)20(18)16-26/h8-10,17,19,27H,6-7,11-16H2,1-5H3/t19-/m0/s1. The zero-order chi connectivity index (χ0) is 23.9. The quantitative estimate of drug-likeness (QED) is 0.454. The number of phenolic OH excluding ortho intramolecular Hbond substituents is 1. The molecule has 1 aliphatic heterocycles. The Labute approximate surface area is 191 Å². The van der Waals surface area contributed by atoms with Crippen molar-refractivity contribution in [2.45, 2.75) is 78.9 Å². The van der Waals surface area contributed by atoms with Crippen LogP contribution in [0.1, 0.15) is 71.4 Å². The van der Waals surface area contributed by atoms with E-state index in [9.17, 15) is 19.5 Å². The van der Waals surface area contributed by atoms with Gasteiger partial charge in [-0.25, -0.2) is 0 Å². The Bertz CT molecular complexity index is 811. The number of unbranched alkanes of at least 4 members (excludes halogenated alkanes) is 1. The first-order chi connectivity index (χ1) is 15.0. The summed E-state index contributed by atoms with van der Waals surface area (Å²) >= 11 is 0. The molecule has 0 aromatic heterocycles. The lowest BCUT2D eigenvalue weighted by molar-refractivity contribution is -0.165. The summed E-state index contributed by atoms with van der Waals surface area (Å²) in [6, 6.07) is 5.45. The number of carbonyl (C=O) groups is 3. The number of phenols is 1. The van der Waals surface area contributed by atoms with Gasteiger partial charge in [-0.15, -0.1) is 0 Å². The molecule has 1 aromatic rings. The second kappa shape index (κ2) is 11.3. The predicted octanol–water partition coefficient (Wildman–Crippen LogP) is 3.99. The normalized spacial score (nSPS) is 14.6. The van der Waals surface area contributed by atoms with Gasteiger partial charge in [0.05, 0.1) is 18.9 Å². The third kappa shape index (κ3) is 7.84. The van der Waals surface area contributed by atoms with Gasteiger partial charge in [-0.1, -0.05) is 26.0 Å². The number of nitrogens with zero attached hydrogens (tertiary/aromatic N) is 1. The van der Waals surface area contributed by atoms with Crippen LogP contribution in [0, 0.1) is 11.8 Å². The molecule has 1 N–H and O–H groups in total. The van der Waals surface area contributed by atoms with E-state index in [1.807, 2.05) is 26.0 Å². The Hall–Kier alpha value is -2.57. The molecule has 0 bridgehead atoms. The molecule has 7 heteroatoms. The van der Waals surface area contributed by atoms with E-state index in [0.717, 1.165) is 17.5 Å².